The van der Waals surface area contributed by atoms with Crippen LogP contribution in [-0.2, 0) is 9.53 Å². The van der Waals surface area contributed by atoms with Gasteiger partial charge in [-0.25, -0.2) is 0 Å². The quantitative estimate of drug-likeness (QED) is 0.382. The molecule has 0 bridgehead atoms. The van der Waals surface area contributed by atoms with Crippen molar-refractivity contribution in [1.82, 2.24) is 0 Å². The summed E-state index contributed by atoms with van der Waals surface area (Å²) in [5.41, 5.74) is 0. The molecule has 0 aromatic carbocycles. The summed E-state index contributed by atoms with van der Waals surface area (Å²) in [5.74, 6) is -0.786. The number of hydrogen-bond donors (Lipinski definition) is 1. The Labute approximate surface area is 65.3 Å². The van der Waals surface area contributed by atoms with E-state index in [1.54, 1.807) is 0 Å². The second-order valence-electron chi connectivity index (χ2n) is 1.80. The van der Waals surface area contributed by atoms with Gasteiger partial charge in [0.25, 0.3) is 0 Å². The van der Waals surface area contributed by atoms with Crippen LogP contribution in [0.3, 0.4) is 0 Å². The Morgan fingerprint density at radius 1 is 1.64 bits per heavy atom. The highest BCUT2D eigenvalue weighted by molar-refractivity contribution is 5.67. The molecule has 0 aromatic heterocycles. The third kappa shape index (κ3) is 3.97. The monoisotopic (exact) mass is 154 g/mol. The minimum absolute atomic E-state index is 0.0719. The fraction of sp³-hybridized carbons (Fsp3) is 0.125. The Kier molecular flexibility index (Phi) is 3.73. The number of carbonyl (C=O) groups excluding carboxylic acids is 1. The number of allylic oxidation sites excluding steroid dienone is 2. The molecular formula is C8H10O3. The molecular weight excluding hydrogens is 144 g/mol. The number of esters is 1. The molecule has 0 radical (unpaired) electrons. The van der Waals surface area contributed by atoms with Crippen molar-refractivity contribution in [3.05, 3.63) is 36.8 Å². The van der Waals surface area contributed by atoms with E-state index in [0.717, 1.165) is 0 Å². The third-order valence-electron chi connectivity index (χ3n) is 0.828. The van der Waals surface area contributed by atoms with Gasteiger partial charge in [0.2, 0.25) is 0 Å². The van der Waals surface area contributed by atoms with Gasteiger partial charge < -0.3 is 9.84 Å². The zero-order valence-electron chi connectivity index (χ0n) is 6.33. The van der Waals surface area contributed by atoms with Crippen molar-refractivity contribution in [3.8, 4) is 0 Å². The average Bonchev–Trinajstić information content (AvgIpc) is 1.86. The molecule has 0 spiro atoms. The van der Waals surface area contributed by atoms with E-state index in [1.807, 2.05) is 0 Å². The minimum Gasteiger partial charge on any atom is -0.504 e. The molecule has 0 saturated carbocycles. The van der Waals surface area contributed by atoms with E-state index in [0.29, 0.717) is 0 Å². The predicted octanol–water partition coefficient (Wildman–Crippen LogP) is 1.69. The molecule has 11 heavy (non-hydrogen) atoms. The van der Waals surface area contributed by atoms with Gasteiger partial charge in [-0.2, -0.15) is 0 Å². The average molecular weight is 154 g/mol. The summed E-state index contributed by atoms with van der Waals surface area (Å²) in [4.78, 5) is 10.3. The van der Waals surface area contributed by atoms with Crippen LogP contribution < -0.4 is 0 Å². The van der Waals surface area contributed by atoms with Crippen LogP contribution in [0.25, 0.3) is 0 Å². The van der Waals surface area contributed by atoms with E-state index in [-0.39, 0.29) is 11.5 Å². The molecule has 0 amide bonds. The molecule has 0 unspecified atom stereocenters. The van der Waals surface area contributed by atoms with Crippen LogP contribution in [0.2, 0.25) is 0 Å². The van der Waals surface area contributed by atoms with Crippen molar-refractivity contribution in [2.75, 3.05) is 0 Å². The maximum Gasteiger partial charge on any atom is 0.308 e. The zero-order chi connectivity index (χ0) is 8.85. The van der Waals surface area contributed by atoms with Crippen molar-refractivity contribution in [2.45, 2.75) is 6.92 Å². The highest BCUT2D eigenvalue weighted by Crippen LogP contribution is 2.05. The molecule has 1 N–H and O–H groups in total. The van der Waals surface area contributed by atoms with Crippen LogP contribution in [0.1, 0.15) is 6.92 Å². The number of aliphatic hydroxyl groups is 1. The molecule has 0 saturated heterocycles. The van der Waals surface area contributed by atoms with E-state index in [1.165, 1.54) is 19.1 Å². The standard InChI is InChI=1S/C8H10O3/c1-4-5-8(10)6(2)11-7(3)9/h4-5,10H,1-2H2,3H3/b8-5+. The Bertz CT molecular complexity index is 213. The maximum absolute atomic E-state index is 10.3. The SMILES string of the molecule is C=C/C=C(/O)C(=C)OC(C)=O. The van der Waals surface area contributed by atoms with Crippen LogP contribution >= 0.6 is 0 Å². The van der Waals surface area contributed by atoms with Gasteiger partial charge in [-0.15, -0.1) is 0 Å². The van der Waals surface area contributed by atoms with Gasteiger partial charge in [0.05, 0.1) is 0 Å². The Balaban J connectivity index is 4.14. The zero-order valence-corrected chi connectivity index (χ0v) is 6.33. The largest absolute Gasteiger partial charge is 0.504 e. The third-order valence-corrected chi connectivity index (χ3v) is 0.828. The Hall–Kier alpha value is -1.51. The molecule has 3 nitrogen and oxygen atoms in total. The number of rotatable bonds is 3. The number of ether oxygens (including phenoxy) is 1. The molecule has 0 aromatic rings. The predicted molar refractivity (Wildman–Crippen MR) is 41.8 cm³/mol. The number of hydrogen-bond acceptors (Lipinski definition) is 3. The Morgan fingerprint density at radius 2 is 2.18 bits per heavy atom. The molecule has 0 fully saturated rings. The highest BCUT2D eigenvalue weighted by Gasteiger charge is 2.02. The van der Waals surface area contributed by atoms with Gasteiger partial charge in [-0.05, 0) is 6.08 Å². The van der Waals surface area contributed by atoms with Gasteiger partial charge in [-0.1, -0.05) is 19.2 Å². The smallest absolute Gasteiger partial charge is 0.308 e. The molecule has 0 aliphatic heterocycles. The summed E-state index contributed by atoms with van der Waals surface area (Å²) in [6.45, 7) is 7.88. The summed E-state index contributed by atoms with van der Waals surface area (Å²) in [5, 5.41) is 8.98. The van der Waals surface area contributed by atoms with E-state index in [2.05, 4.69) is 17.9 Å². The fourth-order valence-electron chi connectivity index (χ4n) is 0.430. The second kappa shape index (κ2) is 4.33. The second-order valence-corrected chi connectivity index (χ2v) is 1.80. The highest BCUT2D eigenvalue weighted by atomic mass is 16.5. The lowest BCUT2D eigenvalue weighted by Crippen LogP contribution is -1.99. The fourth-order valence-corrected chi connectivity index (χ4v) is 0.430. The summed E-state index contributed by atoms with van der Waals surface area (Å²) in [6, 6.07) is 0. The van der Waals surface area contributed by atoms with Gasteiger partial charge in [0.15, 0.2) is 11.5 Å². The van der Waals surface area contributed by atoms with Crippen LogP contribution in [-0.4, -0.2) is 11.1 Å². The van der Waals surface area contributed by atoms with Gasteiger partial charge in [0.1, 0.15) is 0 Å². The molecule has 3 heteroatoms. The Morgan fingerprint density at radius 3 is 2.55 bits per heavy atom. The van der Waals surface area contributed by atoms with Gasteiger partial charge in [0, 0.05) is 6.92 Å². The lowest BCUT2D eigenvalue weighted by Gasteiger charge is -2.01. The molecule has 0 atom stereocenters. The van der Waals surface area contributed by atoms with E-state index >= 15 is 0 Å². The summed E-state index contributed by atoms with van der Waals surface area (Å²) >= 11 is 0. The first-order valence-electron chi connectivity index (χ1n) is 2.97. The number of aliphatic hydroxyl groups excluding tert-OH is 1. The van der Waals surface area contributed by atoms with Crippen molar-refractivity contribution < 1.29 is 14.6 Å². The molecule has 0 heterocycles. The molecule has 60 valence electrons. The summed E-state index contributed by atoms with van der Waals surface area (Å²) in [6.07, 6.45) is 2.65. The number of carbonyl (C=O) groups is 1. The lowest BCUT2D eigenvalue weighted by atomic mass is 10.4. The van der Waals surface area contributed by atoms with E-state index in [9.17, 15) is 4.79 Å². The van der Waals surface area contributed by atoms with Crippen molar-refractivity contribution in [3.63, 3.8) is 0 Å². The van der Waals surface area contributed by atoms with Gasteiger partial charge >= 0.3 is 5.97 Å². The normalized spacial score (nSPS) is 10.5. The van der Waals surface area contributed by atoms with Gasteiger partial charge in [-0.3, -0.25) is 4.79 Å². The van der Waals surface area contributed by atoms with Crippen LogP contribution in [0.4, 0.5) is 0 Å². The van der Waals surface area contributed by atoms with Crippen LogP contribution in [0.5, 0.6) is 0 Å². The molecule has 0 aliphatic carbocycles. The first-order valence-corrected chi connectivity index (χ1v) is 2.97. The summed E-state index contributed by atoms with van der Waals surface area (Å²) < 4.78 is 4.47. The topological polar surface area (TPSA) is 46.5 Å². The van der Waals surface area contributed by atoms with E-state index in [4.69, 9.17) is 5.11 Å². The van der Waals surface area contributed by atoms with Crippen LogP contribution in [0, 0.1) is 0 Å². The maximum atomic E-state index is 10.3. The lowest BCUT2D eigenvalue weighted by molar-refractivity contribution is -0.136. The molecule has 0 rings (SSSR count). The van der Waals surface area contributed by atoms with Crippen LogP contribution in [0.15, 0.2) is 36.8 Å². The van der Waals surface area contributed by atoms with Crippen molar-refractivity contribution in [2.24, 2.45) is 0 Å². The first kappa shape index (κ1) is 9.49. The van der Waals surface area contributed by atoms with Crippen molar-refractivity contribution in [1.29, 1.82) is 0 Å². The first-order chi connectivity index (χ1) is 5.07. The van der Waals surface area contributed by atoms with E-state index < -0.39 is 5.97 Å². The minimum atomic E-state index is -0.515. The summed E-state index contributed by atoms with van der Waals surface area (Å²) in [7, 11) is 0. The van der Waals surface area contributed by atoms with Crippen molar-refractivity contribution >= 4 is 5.97 Å². The molecule has 0 aliphatic rings.